The van der Waals surface area contributed by atoms with Crippen molar-refractivity contribution in [3.63, 3.8) is 0 Å². The van der Waals surface area contributed by atoms with Gasteiger partial charge in [-0.2, -0.15) is 5.10 Å². The molecule has 8 heteroatoms. The van der Waals surface area contributed by atoms with E-state index in [-0.39, 0.29) is 0 Å². The molecular weight excluding hydrogens is 478 g/mol. The van der Waals surface area contributed by atoms with Crippen LogP contribution in [-0.2, 0) is 0 Å². The van der Waals surface area contributed by atoms with Gasteiger partial charge in [-0.1, -0.05) is 45.5 Å². The number of anilines is 1. The molecule has 6 nitrogen and oxygen atoms in total. The van der Waals surface area contributed by atoms with E-state index in [2.05, 4.69) is 31.4 Å². The molecule has 1 N–H and O–H groups in total. The van der Waals surface area contributed by atoms with Crippen LogP contribution in [0.1, 0.15) is 22.8 Å². The Hall–Kier alpha value is -3.23. The van der Waals surface area contributed by atoms with E-state index in [4.69, 9.17) is 9.47 Å². The van der Waals surface area contributed by atoms with Crippen molar-refractivity contribution in [1.29, 1.82) is 0 Å². The second-order valence-electron chi connectivity index (χ2n) is 6.40. The molecule has 0 atom stereocenters. The Morgan fingerprint density at radius 3 is 2.81 bits per heavy atom. The van der Waals surface area contributed by atoms with Crippen molar-refractivity contribution in [2.45, 2.75) is 6.92 Å². The summed E-state index contributed by atoms with van der Waals surface area (Å²) < 4.78 is 13.1. The predicted molar refractivity (Wildman–Crippen MR) is 128 cm³/mol. The number of nitrogens with zero attached hydrogens (tertiary/aromatic N) is 2. The van der Waals surface area contributed by atoms with Gasteiger partial charge in [0.25, 0.3) is 0 Å². The van der Waals surface area contributed by atoms with Crippen LogP contribution in [0.3, 0.4) is 0 Å². The number of carbonyl (C=O) groups excluding carboxylic acids is 1. The highest BCUT2D eigenvalue weighted by Gasteiger charge is 2.13. The third kappa shape index (κ3) is 5.28. The van der Waals surface area contributed by atoms with E-state index in [0.29, 0.717) is 28.8 Å². The highest BCUT2D eigenvalue weighted by atomic mass is 79.9. The van der Waals surface area contributed by atoms with E-state index < -0.39 is 5.97 Å². The Labute approximate surface area is 191 Å². The second kappa shape index (κ2) is 9.72. The van der Waals surface area contributed by atoms with Gasteiger partial charge in [-0.05, 0) is 61.0 Å². The molecule has 0 spiro atoms. The largest absolute Gasteiger partial charge is 0.490 e. The van der Waals surface area contributed by atoms with Crippen molar-refractivity contribution in [2.75, 3.05) is 12.0 Å². The van der Waals surface area contributed by atoms with Crippen molar-refractivity contribution < 1.29 is 14.3 Å². The average molecular weight is 496 g/mol. The first-order valence-electron chi connectivity index (χ1n) is 9.51. The lowest BCUT2D eigenvalue weighted by atomic mass is 10.2. The van der Waals surface area contributed by atoms with Crippen LogP contribution in [-0.4, -0.2) is 23.8 Å². The van der Waals surface area contributed by atoms with Crippen molar-refractivity contribution in [1.82, 2.24) is 4.98 Å². The summed E-state index contributed by atoms with van der Waals surface area (Å²) in [6.45, 7) is 2.31. The third-order valence-electron chi connectivity index (χ3n) is 4.20. The molecule has 31 heavy (non-hydrogen) atoms. The number of fused-ring (bicyclic) bond motifs is 1. The van der Waals surface area contributed by atoms with E-state index in [0.717, 1.165) is 20.3 Å². The molecule has 1 aromatic heterocycles. The van der Waals surface area contributed by atoms with Crippen LogP contribution in [0.2, 0.25) is 0 Å². The number of aromatic nitrogens is 1. The lowest BCUT2D eigenvalue weighted by Gasteiger charge is -2.11. The number of esters is 1. The summed E-state index contributed by atoms with van der Waals surface area (Å²) in [6.07, 6.45) is 1.66. The number of para-hydroxylation sites is 1. The fourth-order valence-corrected chi connectivity index (χ4v) is 4.03. The van der Waals surface area contributed by atoms with Gasteiger partial charge in [0.05, 0.1) is 28.6 Å². The summed E-state index contributed by atoms with van der Waals surface area (Å²) in [5.74, 6) is 0.360. The fourth-order valence-electron chi connectivity index (χ4n) is 2.81. The standard InChI is InChI=1S/C23H18BrN3O3S/c1-2-29-20-12-15(14-25-27-23-26-18-8-3-4-9-21(18)31-23)10-11-19(20)30-22(28)16-6-5-7-17(24)13-16/h3-14H,2H2,1H3,(H,26,27)/b25-14-. The Balaban J connectivity index is 1.48. The van der Waals surface area contributed by atoms with Crippen LogP contribution < -0.4 is 14.9 Å². The first-order chi connectivity index (χ1) is 15.1. The highest BCUT2D eigenvalue weighted by Crippen LogP contribution is 2.29. The third-order valence-corrected chi connectivity index (χ3v) is 5.63. The van der Waals surface area contributed by atoms with Gasteiger partial charge in [-0.3, -0.25) is 5.43 Å². The highest BCUT2D eigenvalue weighted by molar-refractivity contribution is 9.10. The summed E-state index contributed by atoms with van der Waals surface area (Å²) in [6, 6.07) is 20.2. The molecule has 0 bridgehead atoms. The molecule has 4 rings (SSSR count). The molecular formula is C23H18BrN3O3S. The first-order valence-corrected chi connectivity index (χ1v) is 11.1. The van der Waals surface area contributed by atoms with Gasteiger partial charge in [0.15, 0.2) is 11.5 Å². The Kier molecular flexibility index (Phi) is 6.59. The number of benzene rings is 3. The zero-order valence-electron chi connectivity index (χ0n) is 16.5. The molecule has 0 aliphatic carbocycles. The van der Waals surface area contributed by atoms with Crippen LogP contribution in [0.25, 0.3) is 10.2 Å². The molecule has 0 aliphatic rings. The molecule has 0 unspecified atom stereocenters. The fraction of sp³-hybridized carbons (Fsp3) is 0.0870. The summed E-state index contributed by atoms with van der Waals surface area (Å²) in [5.41, 5.74) is 5.12. The van der Waals surface area contributed by atoms with E-state index in [9.17, 15) is 4.79 Å². The molecule has 0 fully saturated rings. The molecule has 0 saturated heterocycles. The lowest BCUT2D eigenvalue weighted by molar-refractivity contribution is 0.0728. The minimum atomic E-state index is -0.457. The van der Waals surface area contributed by atoms with E-state index in [1.807, 2.05) is 37.3 Å². The van der Waals surface area contributed by atoms with Crippen LogP contribution in [0.5, 0.6) is 11.5 Å². The van der Waals surface area contributed by atoms with E-state index >= 15 is 0 Å². The normalized spacial score (nSPS) is 11.0. The topological polar surface area (TPSA) is 72.8 Å². The summed E-state index contributed by atoms with van der Waals surface area (Å²) in [7, 11) is 0. The smallest absolute Gasteiger partial charge is 0.343 e. The monoisotopic (exact) mass is 495 g/mol. The summed E-state index contributed by atoms with van der Waals surface area (Å²) in [5, 5.41) is 4.97. The molecule has 1 heterocycles. The van der Waals surface area contributed by atoms with Gasteiger partial charge in [0, 0.05) is 4.47 Å². The van der Waals surface area contributed by atoms with Gasteiger partial charge >= 0.3 is 5.97 Å². The first kappa shape index (κ1) is 21.0. The molecule has 0 aliphatic heterocycles. The number of hydrazone groups is 1. The van der Waals surface area contributed by atoms with Gasteiger partial charge in [0.2, 0.25) is 5.13 Å². The summed E-state index contributed by atoms with van der Waals surface area (Å²) >= 11 is 4.89. The number of hydrogen-bond donors (Lipinski definition) is 1. The molecule has 4 aromatic rings. The second-order valence-corrected chi connectivity index (χ2v) is 8.34. The average Bonchev–Trinajstić information content (AvgIpc) is 3.18. The lowest BCUT2D eigenvalue weighted by Crippen LogP contribution is -2.09. The van der Waals surface area contributed by atoms with Crippen LogP contribution in [0.15, 0.2) is 76.3 Å². The zero-order chi connectivity index (χ0) is 21.6. The number of carbonyl (C=O) groups is 1. The van der Waals surface area contributed by atoms with E-state index in [1.165, 1.54) is 11.3 Å². The molecule has 156 valence electrons. The molecule has 0 amide bonds. The molecule has 0 saturated carbocycles. The zero-order valence-corrected chi connectivity index (χ0v) is 18.9. The van der Waals surface area contributed by atoms with Crippen LogP contribution in [0.4, 0.5) is 5.13 Å². The van der Waals surface area contributed by atoms with Crippen LogP contribution in [0, 0.1) is 0 Å². The number of ether oxygens (including phenoxy) is 2. The number of thiazole rings is 1. The maximum absolute atomic E-state index is 12.5. The van der Waals surface area contributed by atoms with Crippen molar-refractivity contribution in [3.05, 3.63) is 82.3 Å². The Morgan fingerprint density at radius 2 is 2.00 bits per heavy atom. The number of halogens is 1. The maximum Gasteiger partial charge on any atom is 0.343 e. The number of hydrogen-bond acceptors (Lipinski definition) is 7. The van der Waals surface area contributed by atoms with Crippen molar-refractivity contribution in [2.24, 2.45) is 5.10 Å². The van der Waals surface area contributed by atoms with Crippen molar-refractivity contribution in [3.8, 4) is 11.5 Å². The van der Waals surface area contributed by atoms with E-state index in [1.54, 1.807) is 42.6 Å². The predicted octanol–water partition coefficient (Wildman–Crippen LogP) is 6.12. The maximum atomic E-state index is 12.5. The Bertz CT molecular complexity index is 1220. The SMILES string of the molecule is CCOc1cc(/C=N\Nc2nc3ccccc3s2)ccc1OC(=O)c1cccc(Br)c1. The summed E-state index contributed by atoms with van der Waals surface area (Å²) in [4.78, 5) is 17.0. The van der Waals surface area contributed by atoms with Crippen molar-refractivity contribution >= 4 is 54.8 Å². The molecule has 3 aromatic carbocycles. The number of nitrogens with one attached hydrogen (secondary N) is 1. The quantitative estimate of drug-likeness (QED) is 0.144. The van der Waals surface area contributed by atoms with Crippen LogP contribution >= 0.6 is 27.3 Å². The van der Waals surface area contributed by atoms with Gasteiger partial charge in [0.1, 0.15) is 0 Å². The minimum absolute atomic E-state index is 0.350. The minimum Gasteiger partial charge on any atom is -0.490 e. The Morgan fingerprint density at radius 1 is 1.13 bits per heavy atom. The van der Waals surface area contributed by atoms with Gasteiger partial charge in [-0.25, -0.2) is 9.78 Å². The van der Waals surface area contributed by atoms with Gasteiger partial charge in [-0.15, -0.1) is 0 Å². The number of rotatable bonds is 7. The van der Waals surface area contributed by atoms with Gasteiger partial charge < -0.3 is 9.47 Å². The molecule has 0 radical (unpaired) electrons.